The van der Waals surface area contributed by atoms with E-state index in [1.807, 2.05) is 13.8 Å². The summed E-state index contributed by atoms with van der Waals surface area (Å²) in [6, 6.07) is 6.52. The Morgan fingerprint density at radius 3 is 2.37 bits per heavy atom. The summed E-state index contributed by atoms with van der Waals surface area (Å²) in [5.41, 5.74) is 0.600. The molecule has 1 aliphatic heterocycles. The van der Waals surface area contributed by atoms with Crippen molar-refractivity contribution in [3.63, 3.8) is 0 Å². The van der Waals surface area contributed by atoms with Crippen molar-refractivity contribution in [1.29, 1.82) is 0 Å². The van der Waals surface area contributed by atoms with Crippen molar-refractivity contribution < 1.29 is 13.9 Å². The zero-order chi connectivity index (χ0) is 19.3. The van der Waals surface area contributed by atoms with Gasteiger partial charge in [0.25, 0.3) is 0 Å². The van der Waals surface area contributed by atoms with Gasteiger partial charge in [0.1, 0.15) is 17.2 Å². The molecule has 1 N–H and O–H groups in total. The zero-order valence-corrected chi connectivity index (χ0v) is 16.9. The predicted octanol–water partition coefficient (Wildman–Crippen LogP) is 4.02. The molecule has 0 amide bonds. The van der Waals surface area contributed by atoms with Crippen LogP contribution in [-0.4, -0.2) is 42.5 Å². The molecule has 1 aromatic carbocycles. The summed E-state index contributed by atoms with van der Waals surface area (Å²) >= 11 is 5.65. The van der Waals surface area contributed by atoms with E-state index in [0.717, 1.165) is 37.2 Å². The molecule has 27 heavy (non-hydrogen) atoms. The summed E-state index contributed by atoms with van der Waals surface area (Å²) in [5, 5.41) is 3.94. The number of rotatable bonds is 7. The van der Waals surface area contributed by atoms with Crippen LogP contribution >= 0.6 is 12.2 Å². The second kappa shape index (κ2) is 9.08. The average Bonchev–Trinajstić information content (AvgIpc) is 2.92. The Labute approximate surface area is 165 Å². The quantitative estimate of drug-likeness (QED) is 0.560. The molecule has 1 saturated heterocycles. The van der Waals surface area contributed by atoms with Gasteiger partial charge in [-0.25, -0.2) is 4.39 Å². The fraction of sp³-hybridized carbons (Fsp3) is 0.600. The molecule has 0 aromatic heterocycles. The number of ether oxygens (including phenoxy) is 2. The van der Waals surface area contributed by atoms with Crippen molar-refractivity contribution >= 4 is 28.9 Å². The predicted molar refractivity (Wildman–Crippen MR) is 110 cm³/mol. The minimum atomic E-state index is -0.358. The number of hydrogen-bond acceptors (Lipinski definition) is 4. The number of amidine groups is 1. The van der Waals surface area contributed by atoms with Crippen molar-refractivity contribution in [2.75, 3.05) is 24.7 Å². The van der Waals surface area contributed by atoms with Crippen molar-refractivity contribution in [2.24, 2.45) is 4.99 Å². The Morgan fingerprint density at radius 2 is 1.78 bits per heavy atom. The molecule has 0 atom stereocenters. The largest absolute Gasteiger partial charge is 0.351 e. The summed E-state index contributed by atoms with van der Waals surface area (Å²) in [4.78, 5) is 6.95. The summed E-state index contributed by atoms with van der Waals surface area (Å²) in [6.07, 6.45) is 5.00. The van der Waals surface area contributed by atoms with Gasteiger partial charge in [0.15, 0.2) is 11.4 Å². The van der Waals surface area contributed by atoms with Gasteiger partial charge in [-0.05, 0) is 63.2 Å². The Hall–Kier alpha value is -1.57. The van der Waals surface area contributed by atoms with Crippen LogP contribution < -0.4 is 10.2 Å². The number of halogens is 1. The van der Waals surface area contributed by atoms with E-state index in [-0.39, 0.29) is 17.6 Å². The highest BCUT2D eigenvalue weighted by Gasteiger charge is 2.50. The number of nitrogens with zero attached hydrogens (tertiary/aromatic N) is 2. The lowest BCUT2D eigenvalue weighted by Gasteiger charge is -2.41. The molecule has 1 saturated carbocycles. The molecule has 0 bridgehead atoms. The van der Waals surface area contributed by atoms with Crippen molar-refractivity contribution in [3.8, 4) is 0 Å². The molecule has 0 radical (unpaired) electrons. The molecule has 3 rings (SSSR count). The molecular weight excluding hydrogens is 365 g/mol. The van der Waals surface area contributed by atoms with Crippen LogP contribution in [0.1, 0.15) is 46.0 Å². The molecule has 2 fully saturated rings. The van der Waals surface area contributed by atoms with E-state index in [1.165, 1.54) is 18.6 Å². The van der Waals surface area contributed by atoms with E-state index in [2.05, 4.69) is 10.2 Å². The van der Waals surface area contributed by atoms with Gasteiger partial charge in [0, 0.05) is 18.9 Å². The molecule has 7 heteroatoms. The van der Waals surface area contributed by atoms with Crippen molar-refractivity contribution in [2.45, 2.75) is 57.8 Å². The van der Waals surface area contributed by atoms with Crippen LogP contribution in [0.5, 0.6) is 0 Å². The number of benzene rings is 1. The lowest BCUT2D eigenvalue weighted by atomic mass is 9.80. The molecule has 1 aromatic rings. The highest BCUT2D eigenvalue weighted by atomic mass is 32.1. The minimum absolute atomic E-state index is 0.250. The van der Waals surface area contributed by atoms with E-state index in [1.54, 1.807) is 12.1 Å². The Balaban J connectivity index is 1.90. The molecule has 2 aliphatic rings. The van der Waals surface area contributed by atoms with Crippen molar-refractivity contribution in [1.82, 2.24) is 5.32 Å². The second-order valence-electron chi connectivity index (χ2n) is 6.86. The van der Waals surface area contributed by atoms with Crippen LogP contribution in [0.2, 0.25) is 0 Å². The topological polar surface area (TPSA) is 46.1 Å². The first-order valence-corrected chi connectivity index (χ1v) is 10.2. The SMILES string of the molecule is CCOC(CN=C1NC(=S)N(c2ccc(F)cc2)C12CCCCC2)OCC. The summed E-state index contributed by atoms with van der Waals surface area (Å²) < 4.78 is 24.7. The van der Waals surface area contributed by atoms with Crippen LogP contribution in [0.15, 0.2) is 29.3 Å². The normalized spacial score (nSPS) is 20.7. The minimum Gasteiger partial charge on any atom is -0.351 e. The van der Waals surface area contributed by atoms with E-state index >= 15 is 0 Å². The lowest BCUT2D eigenvalue weighted by molar-refractivity contribution is -0.128. The molecule has 1 spiro atoms. The summed E-state index contributed by atoms with van der Waals surface area (Å²) in [6.45, 7) is 5.47. The molecule has 5 nitrogen and oxygen atoms in total. The third-order valence-electron chi connectivity index (χ3n) is 5.17. The van der Waals surface area contributed by atoms with Gasteiger partial charge in [-0.15, -0.1) is 0 Å². The van der Waals surface area contributed by atoms with Gasteiger partial charge >= 0.3 is 0 Å². The number of thiocarbonyl (C=S) groups is 1. The lowest BCUT2D eigenvalue weighted by Crippen LogP contribution is -2.51. The number of aliphatic imine (C=N–C) groups is 1. The molecule has 1 heterocycles. The maximum Gasteiger partial charge on any atom is 0.179 e. The van der Waals surface area contributed by atoms with Crippen LogP contribution in [0.3, 0.4) is 0 Å². The van der Waals surface area contributed by atoms with Gasteiger partial charge in [-0.1, -0.05) is 19.3 Å². The van der Waals surface area contributed by atoms with Gasteiger partial charge < -0.3 is 19.7 Å². The number of hydrogen-bond donors (Lipinski definition) is 1. The summed E-state index contributed by atoms with van der Waals surface area (Å²) in [7, 11) is 0. The first-order chi connectivity index (χ1) is 13.1. The molecule has 0 unspecified atom stereocenters. The maximum absolute atomic E-state index is 13.4. The van der Waals surface area contributed by atoms with Crippen LogP contribution in [-0.2, 0) is 9.47 Å². The van der Waals surface area contributed by atoms with Gasteiger partial charge in [0.2, 0.25) is 0 Å². The zero-order valence-electron chi connectivity index (χ0n) is 16.0. The first kappa shape index (κ1) is 20.2. The fourth-order valence-corrected chi connectivity index (χ4v) is 4.38. The van der Waals surface area contributed by atoms with E-state index in [0.29, 0.717) is 24.9 Å². The second-order valence-corrected chi connectivity index (χ2v) is 7.25. The third kappa shape index (κ3) is 4.31. The molecular formula is C20H28FN3O2S. The monoisotopic (exact) mass is 393 g/mol. The van der Waals surface area contributed by atoms with Crippen LogP contribution in [0.25, 0.3) is 0 Å². The molecule has 1 aliphatic carbocycles. The van der Waals surface area contributed by atoms with E-state index in [4.69, 9.17) is 26.7 Å². The van der Waals surface area contributed by atoms with Crippen LogP contribution in [0.4, 0.5) is 10.1 Å². The Bertz CT molecular complexity index is 668. The van der Waals surface area contributed by atoms with Gasteiger partial charge in [-0.2, -0.15) is 0 Å². The smallest absolute Gasteiger partial charge is 0.179 e. The molecule has 148 valence electrons. The standard InChI is InChI=1S/C20H28FN3O2S/c1-3-25-17(26-4-2)14-22-18-20(12-6-5-7-13-20)24(19(27)23-18)16-10-8-15(21)9-11-16/h8-11,17H,3-7,12-14H2,1-2H3,(H,22,23,27). The van der Waals surface area contributed by atoms with Gasteiger partial charge in [0.05, 0.1) is 6.54 Å². The number of nitrogens with one attached hydrogen (secondary N) is 1. The maximum atomic E-state index is 13.4. The first-order valence-electron chi connectivity index (χ1n) is 9.75. The van der Waals surface area contributed by atoms with E-state index in [9.17, 15) is 4.39 Å². The van der Waals surface area contributed by atoms with Crippen molar-refractivity contribution in [3.05, 3.63) is 30.1 Å². The Kier molecular flexibility index (Phi) is 6.78. The third-order valence-corrected chi connectivity index (χ3v) is 5.45. The fourth-order valence-electron chi connectivity index (χ4n) is 4.00. The number of anilines is 1. The Morgan fingerprint density at radius 1 is 1.15 bits per heavy atom. The van der Waals surface area contributed by atoms with Gasteiger partial charge in [-0.3, -0.25) is 4.99 Å². The summed E-state index contributed by atoms with van der Waals surface area (Å²) in [5.74, 6) is 0.626. The highest BCUT2D eigenvalue weighted by Crippen LogP contribution is 2.40. The average molecular weight is 394 g/mol. The highest BCUT2D eigenvalue weighted by molar-refractivity contribution is 7.80. The van der Waals surface area contributed by atoms with Crippen LogP contribution in [0, 0.1) is 5.82 Å². The van der Waals surface area contributed by atoms with E-state index < -0.39 is 0 Å².